The Balaban J connectivity index is 0.000000354. The molecular weight excluding hydrogens is 431 g/mol. The summed E-state index contributed by atoms with van der Waals surface area (Å²) in [6.45, 7) is 2.97. The van der Waals surface area contributed by atoms with E-state index in [0.29, 0.717) is 28.9 Å². The summed E-state index contributed by atoms with van der Waals surface area (Å²) < 4.78 is 15.1. The zero-order valence-electron chi connectivity index (χ0n) is 17.7. The number of H-pyrrole nitrogens is 1. The molecule has 0 amide bonds. The number of benzene rings is 1. The van der Waals surface area contributed by atoms with E-state index < -0.39 is 0 Å². The lowest BCUT2D eigenvalue weighted by molar-refractivity contribution is 0.418. The van der Waals surface area contributed by atoms with Crippen LogP contribution in [0, 0.1) is 5.82 Å². The van der Waals surface area contributed by atoms with Gasteiger partial charge in [0.25, 0.3) is 5.56 Å². The number of halogens is 2. The number of nitrogens with one attached hydrogen (secondary N) is 2. The van der Waals surface area contributed by atoms with Gasteiger partial charge in [0.2, 0.25) is 5.95 Å². The maximum Gasteiger partial charge on any atom is 0.252 e. The van der Waals surface area contributed by atoms with Crippen LogP contribution in [0.25, 0.3) is 16.9 Å². The minimum Gasteiger partial charge on any atom is -0.350 e. The average Bonchev–Trinajstić information content (AvgIpc) is 3.40. The molecule has 0 atom stereocenters. The third kappa shape index (κ3) is 5.33. The van der Waals surface area contributed by atoms with E-state index in [1.165, 1.54) is 50.3 Å². The maximum atomic E-state index is 13.3. The number of pyridine rings is 1. The normalized spacial score (nSPS) is 13.7. The van der Waals surface area contributed by atoms with Crippen molar-refractivity contribution in [3.63, 3.8) is 0 Å². The topological polar surface area (TPSA) is 78.3 Å². The van der Waals surface area contributed by atoms with E-state index in [-0.39, 0.29) is 11.4 Å². The molecule has 2 N–H and O–H groups in total. The standard InChI is InChI=1S/C18H13ClFN5O.C5H11N/c19-12-3-6-15-23-17(11-1-4-13(20)5-2-11)14(25(15)10-12)9-22-18-21-8-7-16(26)24-18;1-6-4-2-3-5-6/h1-8,10H,9H2,(H2,21,22,24,26);2-5H2,1H3. The van der Waals surface area contributed by atoms with Crippen molar-refractivity contribution in [1.82, 2.24) is 24.3 Å². The van der Waals surface area contributed by atoms with E-state index in [9.17, 15) is 9.18 Å². The van der Waals surface area contributed by atoms with Crippen molar-refractivity contribution in [3.05, 3.63) is 81.7 Å². The van der Waals surface area contributed by atoms with Gasteiger partial charge in [-0.1, -0.05) is 11.6 Å². The lowest BCUT2D eigenvalue weighted by atomic mass is 10.1. The number of aromatic nitrogens is 4. The highest BCUT2D eigenvalue weighted by Crippen LogP contribution is 2.26. The highest BCUT2D eigenvalue weighted by Gasteiger charge is 2.15. The first-order valence-corrected chi connectivity index (χ1v) is 10.8. The van der Waals surface area contributed by atoms with E-state index in [1.807, 2.05) is 10.5 Å². The maximum absolute atomic E-state index is 13.3. The van der Waals surface area contributed by atoms with Gasteiger partial charge >= 0.3 is 0 Å². The summed E-state index contributed by atoms with van der Waals surface area (Å²) in [5.41, 5.74) is 2.73. The lowest BCUT2D eigenvalue weighted by Crippen LogP contribution is -2.12. The molecule has 7 nitrogen and oxygen atoms in total. The third-order valence-corrected chi connectivity index (χ3v) is 5.45. The number of hydrogen-bond donors (Lipinski definition) is 2. The number of fused-ring (bicyclic) bond motifs is 1. The molecule has 0 radical (unpaired) electrons. The van der Waals surface area contributed by atoms with Crippen LogP contribution in [0.2, 0.25) is 5.02 Å². The number of nitrogens with zero attached hydrogens (tertiary/aromatic N) is 4. The van der Waals surface area contributed by atoms with Gasteiger partial charge in [-0.15, -0.1) is 0 Å². The fraction of sp³-hybridized carbons (Fsp3) is 0.261. The molecule has 0 saturated carbocycles. The molecule has 166 valence electrons. The largest absolute Gasteiger partial charge is 0.350 e. The van der Waals surface area contributed by atoms with Gasteiger partial charge in [0, 0.05) is 24.0 Å². The molecule has 3 aromatic heterocycles. The van der Waals surface area contributed by atoms with Crippen LogP contribution < -0.4 is 10.9 Å². The van der Waals surface area contributed by atoms with Gasteiger partial charge < -0.3 is 14.6 Å². The van der Waals surface area contributed by atoms with E-state index in [1.54, 1.807) is 24.4 Å². The molecule has 4 aromatic rings. The average molecular weight is 455 g/mol. The van der Waals surface area contributed by atoms with Gasteiger partial charge in [0.05, 0.1) is 23.0 Å². The molecule has 0 bridgehead atoms. The minimum absolute atomic E-state index is 0.248. The van der Waals surface area contributed by atoms with Gasteiger partial charge in [0.1, 0.15) is 11.5 Å². The smallest absolute Gasteiger partial charge is 0.252 e. The Kier molecular flexibility index (Phi) is 6.82. The summed E-state index contributed by atoms with van der Waals surface area (Å²) in [5, 5.41) is 3.64. The number of hydrogen-bond acceptors (Lipinski definition) is 5. The van der Waals surface area contributed by atoms with Crippen molar-refractivity contribution in [2.24, 2.45) is 0 Å². The van der Waals surface area contributed by atoms with Crippen LogP contribution in [-0.2, 0) is 6.54 Å². The SMILES string of the molecule is CN1CCCC1.O=c1ccnc(NCc2c(-c3ccc(F)cc3)nc3ccc(Cl)cn23)[nH]1. The van der Waals surface area contributed by atoms with Crippen molar-refractivity contribution in [2.45, 2.75) is 19.4 Å². The van der Waals surface area contributed by atoms with Gasteiger partial charge in [-0.3, -0.25) is 9.78 Å². The summed E-state index contributed by atoms with van der Waals surface area (Å²) in [4.78, 5) is 25.1. The van der Waals surface area contributed by atoms with Gasteiger partial charge in [-0.25, -0.2) is 14.4 Å². The summed E-state index contributed by atoms with van der Waals surface area (Å²) in [6.07, 6.45) is 6.01. The van der Waals surface area contributed by atoms with Crippen molar-refractivity contribution in [3.8, 4) is 11.3 Å². The molecule has 0 aliphatic carbocycles. The van der Waals surface area contributed by atoms with Gasteiger partial charge in [0.15, 0.2) is 0 Å². The predicted octanol–water partition coefficient (Wildman–Crippen LogP) is 4.20. The monoisotopic (exact) mass is 454 g/mol. The second kappa shape index (κ2) is 9.93. The number of aromatic amines is 1. The zero-order chi connectivity index (χ0) is 22.5. The zero-order valence-corrected chi connectivity index (χ0v) is 18.4. The highest BCUT2D eigenvalue weighted by atomic mass is 35.5. The fourth-order valence-corrected chi connectivity index (χ4v) is 3.74. The van der Waals surface area contributed by atoms with Crippen molar-refractivity contribution < 1.29 is 4.39 Å². The first kappa shape index (κ1) is 22.0. The molecule has 1 aliphatic heterocycles. The highest BCUT2D eigenvalue weighted by molar-refractivity contribution is 6.30. The Bertz CT molecular complexity index is 1250. The predicted molar refractivity (Wildman–Crippen MR) is 125 cm³/mol. The Hall–Kier alpha value is -3.23. The molecule has 0 unspecified atom stereocenters. The van der Waals surface area contributed by atoms with E-state index >= 15 is 0 Å². The summed E-state index contributed by atoms with van der Waals surface area (Å²) in [7, 11) is 2.17. The van der Waals surface area contributed by atoms with Crippen LogP contribution in [0.15, 0.2) is 59.7 Å². The molecule has 0 spiro atoms. The molecule has 4 heterocycles. The van der Waals surface area contributed by atoms with Crippen LogP contribution in [0.4, 0.5) is 10.3 Å². The number of imidazole rings is 1. The van der Waals surface area contributed by atoms with E-state index in [0.717, 1.165) is 11.3 Å². The Morgan fingerprint density at radius 3 is 2.53 bits per heavy atom. The number of anilines is 1. The fourth-order valence-electron chi connectivity index (χ4n) is 3.58. The lowest BCUT2D eigenvalue weighted by Gasteiger charge is -2.08. The number of likely N-dealkylation sites (tertiary alicyclic amines) is 1. The summed E-state index contributed by atoms with van der Waals surface area (Å²) in [5.74, 6) is 0.0332. The van der Waals surface area contributed by atoms with Crippen LogP contribution in [0.5, 0.6) is 0 Å². The second-order valence-electron chi connectivity index (χ2n) is 7.64. The second-order valence-corrected chi connectivity index (χ2v) is 8.07. The Morgan fingerprint density at radius 2 is 1.88 bits per heavy atom. The molecule has 5 rings (SSSR count). The van der Waals surface area contributed by atoms with Crippen molar-refractivity contribution in [1.29, 1.82) is 0 Å². The van der Waals surface area contributed by atoms with Crippen molar-refractivity contribution in [2.75, 3.05) is 25.5 Å². The number of rotatable bonds is 4. The van der Waals surface area contributed by atoms with Crippen LogP contribution in [0.3, 0.4) is 0 Å². The molecule has 1 aliphatic rings. The Labute approximate surface area is 189 Å². The first-order valence-electron chi connectivity index (χ1n) is 10.4. The third-order valence-electron chi connectivity index (χ3n) is 5.22. The van der Waals surface area contributed by atoms with E-state index in [2.05, 4.69) is 32.2 Å². The van der Waals surface area contributed by atoms with E-state index in [4.69, 9.17) is 11.6 Å². The van der Waals surface area contributed by atoms with Crippen LogP contribution in [-0.4, -0.2) is 44.4 Å². The molecular formula is C23H24ClFN6O. The quantitative estimate of drug-likeness (QED) is 0.483. The Morgan fingerprint density at radius 1 is 1.12 bits per heavy atom. The van der Waals surface area contributed by atoms with Gasteiger partial charge in [-0.2, -0.15) is 0 Å². The molecule has 9 heteroatoms. The summed E-state index contributed by atoms with van der Waals surface area (Å²) >= 11 is 6.13. The molecule has 1 aromatic carbocycles. The summed E-state index contributed by atoms with van der Waals surface area (Å²) in [6, 6.07) is 11.0. The minimum atomic E-state index is -0.314. The van der Waals surface area contributed by atoms with Crippen molar-refractivity contribution >= 4 is 23.2 Å². The van der Waals surface area contributed by atoms with Gasteiger partial charge in [-0.05, 0) is 69.4 Å². The molecule has 1 fully saturated rings. The first-order chi connectivity index (χ1) is 15.5. The molecule has 1 saturated heterocycles. The van der Waals surface area contributed by atoms with Crippen LogP contribution >= 0.6 is 11.6 Å². The van der Waals surface area contributed by atoms with Crippen LogP contribution in [0.1, 0.15) is 18.5 Å². The molecule has 32 heavy (non-hydrogen) atoms.